The molecule has 1 aromatic rings. The molecular formula is C12H18N2O3. The third-order valence-electron chi connectivity index (χ3n) is 3.21. The van der Waals surface area contributed by atoms with E-state index in [4.69, 9.17) is 4.42 Å². The molecule has 2 unspecified atom stereocenters. The first kappa shape index (κ1) is 12.1. The Morgan fingerprint density at radius 2 is 2.59 bits per heavy atom. The molecule has 1 aliphatic rings. The number of carbonyl (C=O) groups is 1. The molecule has 5 heteroatoms. The number of aliphatic carboxylic acids is 1. The number of furan rings is 1. The molecule has 5 nitrogen and oxygen atoms in total. The summed E-state index contributed by atoms with van der Waals surface area (Å²) >= 11 is 0. The Kier molecular flexibility index (Phi) is 3.81. The van der Waals surface area contributed by atoms with Gasteiger partial charge in [-0.25, -0.2) is 0 Å². The molecule has 0 aromatic carbocycles. The second-order valence-electron chi connectivity index (χ2n) is 4.43. The highest BCUT2D eigenvalue weighted by molar-refractivity contribution is 5.74. The highest BCUT2D eigenvalue weighted by Crippen LogP contribution is 2.14. The van der Waals surface area contributed by atoms with E-state index in [1.165, 1.54) is 0 Å². The fourth-order valence-corrected chi connectivity index (χ4v) is 2.31. The van der Waals surface area contributed by atoms with E-state index in [0.717, 1.165) is 25.3 Å². The minimum Gasteiger partial charge on any atom is -0.480 e. The molecule has 1 fully saturated rings. The van der Waals surface area contributed by atoms with Crippen molar-refractivity contribution in [2.75, 3.05) is 19.6 Å². The van der Waals surface area contributed by atoms with Gasteiger partial charge in [0.2, 0.25) is 0 Å². The number of hydrogen-bond acceptors (Lipinski definition) is 4. The summed E-state index contributed by atoms with van der Waals surface area (Å²) in [7, 11) is 0. The second-order valence-corrected chi connectivity index (χ2v) is 4.43. The summed E-state index contributed by atoms with van der Waals surface area (Å²) < 4.78 is 5.30. The summed E-state index contributed by atoms with van der Waals surface area (Å²) in [6, 6.07) is 3.52. The zero-order valence-corrected chi connectivity index (χ0v) is 9.93. The predicted octanol–water partition coefficient (Wildman–Crippen LogP) is 0.569. The molecule has 94 valence electrons. The van der Waals surface area contributed by atoms with Gasteiger partial charge in [0.1, 0.15) is 11.8 Å². The highest BCUT2D eigenvalue weighted by Gasteiger charge is 2.31. The molecule has 1 saturated heterocycles. The van der Waals surface area contributed by atoms with Gasteiger partial charge in [0.15, 0.2) is 0 Å². The smallest absolute Gasteiger partial charge is 0.322 e. The Morgan fingerprint density at radius 3 is 3.24 bits per heavy atom. The van der Waals surface area contributed by atoms with Crippen LogP contribution >= 0.6 is 0 Å². The molecular weight excluding hydrogens is 220 g/mol. The van der Waals surface area contributed by atoms with Crippen molar-refractivity contribution < 1.29 is 14.3 Å². The third-order valence-corrected chi connectivity index (χ3v) is 3.21. The average molecular weight is 238 g/mol. The van der Waals surface area contributed by atoms with Crippen LogP contribution in [0.15, 0.2) is 22.8 Å². The monoisotopic (exact) mass is 238 g/mol. The molecule has 0 aliphatic carbocycles. The topological polar surface area (TPSA) is 65.7 Å². The van der Waals surface area contributed by atoms with Crippen LogP contribution < -0.4 is 5.32 Å². The van der Waals surface area contributed by atoms with E-state index in [1.54, 1.807) is 6.26 Å². The van der Waals surface area contributed by atoms with Crippen molar-refractivity contribution >= 4 is 5.97 Å². The van der Waals surface area contributed by atoms with E-state index < -0.39 is 12.0 Å². The number of nitrogens with one attached hydrogen (secondary N) is 1. The maximum atomic E-state index is 11.2. The van der Waals surface area contributed by atoms with E-state index >= 15 is 0 Å². The second kappa shape index (κ2) is 5.33. The van der Waals surface area contributed by atoms with Gasteiger partial charge in [-0.3, -0.25) is 9.69 Å². The first-order chi connectivity index (χ1) is 8.18. The van der Waals surface area contributed by atoms with Gasteiger partial charge >= 0.3 is 5.97 Å². The normalized spacial score (nSPS) is 23.5. The fourth-order valence-electron chi connectivity index (χ4n) is 2.31. The summed E-state index contributed by atoms with van der Waals surface area (Å²) in [5.41, 5.74) is 0. The molecule has 2 N–H and O–H groups in total. The minimum atomic E-state index is -0.761. The lowest BCUT2D eigenvalue weighted by Crippen LogP contribution is -2.58. The number of piperazine rings is 1. The lowest BCUT2D eigenvalue weighted by atomic mass is 10.1. The fraction of sp³-hybridized carbons (Fsp3) is 0.583. The molecule has 2 rings (SSSR count). The van der Waals surface area contributed by atoms with Gasteiger partial charge in [-0.2, -0.15) is 0 Å². The van der Waals surface area contributed by atoms with E-state index in [1.807, 2.05) is 24.0 Å². The van der Waals surface area contributed by atoms with E-state index in [9.17, 15) is 9.90 Å². The Bertz CT molecular complexity index is 364. The van der Waals surface area contributed by atoms with Gasteiger partial charge in [0.05, 0.1) is 6.26 Å². The molecule has 0 amide bonds. The molecule has 2 heterocycles. The van der Waals surface area contributed by atoms with Crippen LogP contribution in [0.3, 0.4) is 0 Å². The van der Waals surface area contributed by atoms with Crippen LogP contribution in [0.5, 0.6) is 0 Å². The summed E-state index contributed by atoms with van der Waals surface area (Å²) in [6.45, 7) is 4.16. The number of hydrogen-bond donors (Lipinski definition) is 2. The van der Waals surface area contributed by atoms with Gasteiger partial charge in [-0.15, -0.1) is 0 Å². The van der Waals surface area contributed by atoms with Gasteiger partial charge in [-0.05, 0) is 19.1 Å². The van der Waals surface area contributed by atoms with Gasteiger partial charge in [0.25, 0.3) is 0 Å². The Labute approximate surface area is 100 Å². The van der Waals surface area contributed by atoms with Gasteiger partial charge < -0.3 is 14.8 Å². The van der Waals surface area contributed by atoms with Crippen molar-refractivity contribution in [1.82, 2.24) is 10.2 Å². The number of carboxylic acid groups (broad SMARTS) is 1. The van der Waals surface area contributed by atoms with Gasteiger partial charge in [-0.1, -0.05) is 0 Å². The van der Waals surface area contributed by atoms with Crippen LogP contribution in [-0.2, 0) is 11.2 Å². The summed E-state index contributed by atoms with van der Waals surface area (Å²) in [5, 5.41) is 12.3. The third kappa shape index (κ3) is 2.87. The molecule has 1 aromatic heterocycles. The van der Waals surface area contributed by atoms with Crippen LogP contribution in [0.25, 0.3) is 0 Å². The molecule has 0 spiro atoms. The predicted molar refractivity (Wildman–Crippen MR) is 62.9 cm³/mol. The Balaban J connectivity index is 2.00. The molecule has 17 heavy (non-hydrogen) atoms. The van der Waals surface area contributed by atoms with E-state index in [-0.39, 0.29) is 6.04 Å². The number of rotatable bonds is 4. The van der Waals surface area contributed by atoms with Crippen molar-refractivity contribution in [1.29, 1.82) is 0 Å². The number of nitrogens with zero attached hydrogens (tertiary/aromatic N) is 1. The zero-order valence-electron chi connectivity index (χ0n) is 9.93. The van der Waals surface area contributed by atoms with Crippen molar-refractivity contribution in [2.24, 2.45) is 0 Å². The summed E-state index contributed by atoms with van der Waals surface area (Å²) in [5.74, 6) is 0.142. The summed E-state index contributed by atoms with van der Waals surface area (Å²) in [6.07, 6.45) is 2.39. The Hall–Kier alpha value is -1.33. The van der Waals surface area contributed by atoms with Crippen LogP contribution in [0.4, 0.5) is 0 Å². The summed E-state index contributed by atoms with van der Waals surface area (Å²) in [4.78, 5) is 13.2. The largest absolute Gasteiger partial charge is 0.480 e. The van der Waals surface area contributed by atoms with Crippen LogP contribution in [0.1, 0.15) is 12.7 Å². The first-order valence-corrected chi connectivity index (χ1v) is 5.90. The maximum absolute atomic E-state index is 11.2. The van der Waals surface area contributed by atoms with E-state index in [2.05, 4.69) is 5.32 Å². The van der Waals surface area contributed by atoms with Gasteiger partial charge in [0, 0.05) is 32.1 Å². The first-order valence-electron chi connectivity index (χ1n) is 5.90. The van der Waals surface area contributed by atoms with Crippen LogP contribution in [0.2, 0.25) is 0 Å². The standard InChI is InChI=1S/C12H18N2O3/c1-9(7-10-3-2-6-17-10)14-5-4-13-8-11(14)12(15)16/h2-3,6,9,11,13H,4-5,7-8H2,1H3,(H,15,16). The van der Waals surface area contributed by atoms with Crippen molar-refractivity contribution in [3.8, 4) is 0 Å². The molecule has 0 bridgehead atoms. The SMILES string of the molecule is CC(Cc1ccco1)N1CCNCC1C(=O)O. The highest BCUT2D eigenvalue weighted by atomic mass is 16.4. The molecule has 1 aliphatic heterocycles. The quantitative estimate of drug-likeness (QED) is 0.802. The minimum absolute atomic E-state index is 0.171. The van der Waals surface area contributed by atoms with Crippen LogP contribution in [-0.4, -0.2) is 47.7 Å². The van der Waals surface area contributed by atoms with Crippen LogP contribution in [0, 0.1) is 0 Å². The Morgan fingerprint density at radius 1 is 1.76 bits per heavy atom. The molecule has 0 saturated carbocycles. The lowest BCUT2D eigenvalue weighted by Gasteiger charge is -2.37. The number of carboxylic acids is 1. The van der Waals surface area contributed by atoms with E-state index in [0.29, 0.717) is 6.54 Å². The van der Waals surface area contributed by atoms with Crippen molar-refractivity contribution in [3.05, 3.63) is 24.2 Å². The lowest BCUT2D eigenvalue weighted by molar-refractivity contribution is -0.145. The van der Waals surface area contributed by atoms with Crippen molar-refractivity contribution in [3.63, 3.8) is 0 Å². The zero-order chi connectivity index (χ0) is 12.3. The molecule has 0 radical (unpaired) electrons. The average Bonchev–Trinajstić information content (AvgIpc) is 2.81. The maximum Gasteiger partial charge on any atom is 0.322 e. The van der Waals surface area contributed by atoms with Crippen molar-refractivity contribution in [2.45, 2.75) is 25.4 Å². The molecule has 2 atom stereocenters.